The number of allylic oxidation sites excluding steroid dienone is 6. The Balaban J connectivity index is 1.77. The van der Waals surface area contributed by atoms with E-state index in [1.54, 1.807) is 54.4 Å². The number of hydrogen-bond donors (Lipinski definition) is 1. The molecule has 1 unspecified atom stereocenters. The van der Waals surface area contributed by atoms with Crippen LogP contribution < -0.4 is 0 Å². The van der Waals surface area contributed by atoms with E-state index in [4.69, 9.17) is 32.7 Å². The summed E-state index contributed by atoms with van der Waals surface area (Å²) < 4.78 is 68.1. The summed E-state index contributed by atoms with van der Waals surface area (Å²) in [6.07, 6.45) is 11.5. The van der Waals surface area contributed by atoms with E-state index in [1.165, 1.54) is 25.3 Å². The Kier molecular flexibility index (Phi) is 24.0. The van der Waals surface area contributed by atoms with Gasteiger partial charge in [-0.25, -0.2) is 4.79 Å². The van der Waals surface area contributed by atoms with Crippen LogP contribution >= 0.6 is 14.7 Å². The van der Waals surface area contributed by atoms with E-state index in [1.807, 2.05) is 58.1 Å². The number of amides is 1. The van der Waals surface area contributed by atoms with Crippen LogP contribution in [-0.4, -0.2) is 148 Å². The lowest BCUT2D eigenvalue weighted by Gasteiger charge is -2.42. The Bertz CT molecular complexity index is 2130. The maximum absolute atomic E-state index is 14.6. The van der Waals surface area contributed by atoms with Gasteiger partial charge >= 0.3 is 5.97 Å². The van der Waals surface area contributed by atoms with Gasteiger partial charge in [-0.15, -0.1) is 0 Å². The fraction of sp³-hybridized carbons (Fsp3) is 0.764. The molecule has 73 heavy (non-hydrogen) atoms. The highest BCUT2D eigenvalue weighted by molar-refractivity contribution is 7.57. The van der Waals surface area contributed by atoms with Gasteiger partial charge in [-0.1, -0.05) is 71.1 Å². The third-order valence-electron chi connectivity index (χ3n) is 15.2. The van der Waals surface area contributed by atoms with Crippen LogP contribution in [0.3, 0.4) is 0 Å². The molecule has 414 valence electrons. The number of Topliss-reactive ketones (excluding diaryl/α,β-unsaturated/α-hetero) is 3. The number of rotatable bonds is 10. The van der Waals surface area contributed by atoms with E-state index in [-0.39, 0.29) is 55.0 Å². The molecule has 1 amide bonds. The molecular formula is C55H89NO15P2. The molecule has 3 heterocycles. The number of ether oxygens (including phenoxy) is 5. The van der Waals surface area contributed by atoms with Crippen molar-refractivity contribution in [1.82, 2.24) is 4.90 Å². The van der Waals surface area contributed by atoms with Crippen LogP contribution in [0, 0.1) is 35.5 Å². The first-order valence-electron chi connectivity index (χ1n) is 26.4. The maximum Gasteiger partial charge on any atom is 0.329 e. The quantitative estimate of drug-likeness (QED) is 0.123. The minimum Gasteiger partial charge on any atom is -0.460 e. The molecule has 0 radical (unpaired) electrons. The highest BCUT2D eigenvalue weighted by Gasteiger charge is 2.53. The molecule has 3 aliphatic heterocycles. The van der Waals surface area contributed by atoms with E-state index < -0.39 is 98.4 Å². The minimum atomic E-state index is -3.22. The van der Waals surface area contributed by atoms with Crippen LogP contribution in [0.25, 0.3) is 0 Å². The summed E-state index contributed by atoms with van der Waals surface area (Å²) in [7, 11) is -1.44. The number of piperidine rings is 1. The molecule has 4 rings (SSSR count). The zero-order chi connectivity index (χ0) is 54.6. The second-order valence-corrected chi connectivity index (χ2v) is 27.7. The summed E-state index contributed by atoms with van der Waals surface area (Å²) in [5.41, 5.74) is 1.17. The van der Waals surface area contributed by atoms with Crippen molar-refractivity contribution < 1.29 is 70.9 Å². The normalized spacial score (nSPS) is 36.2. The van der Waals surface area contributed by atoms with E-state index in [0.29, 0.717) is 69.8 Å². The number of cyclic esters (lactones) is 1. The minimum absolute atomic E-state index is 0.0128. The van der Waals surface area contributed by atoms with Crippen LogP contribution in [0.4, 0.5) is 0 Å². The zero-order valence-electron chi connectivity index (χ0n) is 46.2. The van der Waals surface area contributed by atoms with E-state index in [9.17, 15) is 38.2 Å². The number of nitrogens with zero attached hydrogens (tertiary/aromatic N) is 1. The predicted octanol–water partition coefficient (Wildman–Crippen LogP) is 9.30. The van der Waals surface area contributed by atoms with E-state index in [0.717, 1.165) is 5.57 Å². The molecule has 3 fully saturated rings. The summed E-state index contributed by atoms with van der Waals surface area (Å²) >= 11 is 0. The highest BCUT2D eigenvalue weighted by Crippen LogP contribution is 2.45. The van der Waals surface area contributed by atoms with Crippen LogP contribution in [0.15, 0.2) is 47.6 Å². The third-order valence-corrected chi connectivity index (χ3v) is 16.7. The lowest BCUT2D eigenvalue weighted by molar-refractivity contribution is -0.265. The van der Waals surface area contributed by atoms with Crippen molar-refractivity contribution in [1.29, 1.82) is 0 Å². The van der Waals surface area contributed by atoms with Crippen LogP contribution in [0.2, 0.25) is 0 Å². The van der Waals surface area contributed by atoms with Crippen LogP contribution in [0.1, 0.15) is 126 Å². The first kappa shape index (κ1) is 62.6. The smallest absolute Gasteiger partial charge is 0.329 e. The van der Waals surface area contributed by atoms with Gasteiger partial charge in [0.25, 0.3) is 11.7 Å². The lowest BCUT2D eigenvalue weighted by Crippen LogP contribution is -2.61. The van der Waals surface area contributed by atoms with Gasteiger partial charge < -0.3 is 42.7 Å². The molecule has 18 heteroatoms. The summed E-state index contributed by atoms with van der Waals surface area (Å²) in [6.45, 7) is 18.9. The van der Waals surface area contributed by atoms with Crippen molar-refractivity contribution in [3.63, 3.8) is 0 Å². The number of carbonyl (C=O) groups excluding carboxylic acids is 5. The second-order valence-electron chi connectivity index (χ2n) is 22.3. The molecule has 1 saturated carbocycles. The number of hydrogen-bond acceptors (Lipinski definition) is 15. The van der Waals surface area contributed by atoms with Gasteiger partial charge in [0, 0.05) is 85.1 Å². The van der Waals surface area contributed by atoms with E-state index in [2.05, 4.69) is 0 Å². The van der Waals surface area contributed by atoms with Crippen LogP contribution in [0.5, 0.6) is 0 Å². The number of methoxy groups -OCH3 is 3. The maximum atomic E-state index is 14.6. The largest absolute Gasteiger partial charge is 0.460 e. The van der Waals surface area contributed by atoms with Gasteiger partial charge in [0.2, 0.25) is 5.79 Å². The molecule has 0 aromatic heterocycles. The first-order chi connectivity index (χ1) is 34.1. The Hall–Kier alpha value is -2.91. The summed E-state index contributed by atoms with van der Waals surface area (Å²) in [5.74, 6) is -8.17. The third kappa shape index (κ3) is 18.1. The van der Waals surface area contributed by atoms with E-state index >= 15 is 0 Å². The van der Waals surface area contributed by atoms with Crippen molar-refractivity contribution in [3.8, 4) is 0 Å². The molecule has 1 N–H and O–H groups in total. The molecular weight excluding hydrogens is 977 g/mol. The summed E-state index contributed by atoms with van der Waals surface area (Å²) in [6, 6.07) is -1.18. The van der Waals surface area contributed by atoms with Gasteiger partial charge in [-0.2, -0.15) is 0 Å². The standard InChI is InChI=1S/C55H89NO15P2/c1-34-20-16-15-17-21-35(2)46(65-8)32-42-25-23-40(7)55(62,69-42)52(59)53(60)56-27-19-18-22-43(56)54(61)68-47(37(4)30-41-24-26-45(48(31-41)66-9)70-72(11,12)63)33-44(57)36(3)29-39(6)50(71-73(13,14)64)51(67-10)49(58)38(5)28-34/h15-17,20-21,29,34,37-43,45-48,50-51,62H,18-19,22-28,30-33H2,1-14H3/b17-15?,20-16?,35-21?,36-29+/t34-,37-,38-,39?,40-,41+,42+,43+,45-,46+,47+,48-,50-,51+,55-/m1/s1. The molecule has 15 atom stereocenters. The van der Waals surface area contributed by atoms with Crippen molar-refractivity contribution in [3.05, 3.63) is 47.6 Å². The SMILES string of the molecule is CO[C@H]1C[C@@H]2CC[C@@H](C)[C@@](O)(O2)C(=O)C(=O)N2CCCC[C@H]2C(=O)O[C@H]([C@H](C)C[C@@H]2CC[C@@H](OP(C)(C)=O)[C@H](OC)C2)CC(=O)/C(C)=C/C(C)[C@@H](OP(C)(C)=O)[C@@H](OC)C(=O)[C@H](C)C[C@H](C)C=CC=CC=C1C. The van der Waals surface area contributed by atoms with Crippen molar-refractivity contribution >= 4 is 44.0 Å². The fourth-order valence-electron chi connectivity index (χ4n) is 11.0. The zero-order valence-corrected chi connectivity index (χ0v) is 48.0. The molecule has 0 aromatic rings. The monoisotopic (exact) mass is 1070 g/mol. The number of ketones is 3. The Morgan fingerprint density at radius 3 is 2.12 bits per heavy atom. The summed E-state index contributed by atoms with van der Waals surface area (Å²) in [5, 5.41) is 12.0. The number of carbonyl (C=O) groups is 5. The van der Waals surface area contributed by atoms with Gasteiger partial charge in [-0.3, -0.25) is 28.3 Å². The van der Waals surface area contributed by atoms with Crippen LogP contribution in [-0.2, 0) is 65.8 Å². The molecule has 16 nitrogen and oxygen atoms in total. The molecule has 2 bridgehead atoms. The first-order valence-corrected chi connectivity index (χ1v) is 31.4. The molecule has 1 aliphatic carbocycles. The number of aliphatic hydroxyl groups is 1. The van der Waals surface area contributed by atoms with Gasteiger partial charge in [0.15, 0.2) is 26.3 Å². The van der Waals surface area contributed by atoms with Gasteiger partial charge in [-0.05, 0) is 107 Å². The number of fused-ring (bicyclic) bond motifs is 3. The molecule has 4 aliphatic rings. The summed E-state index contributed by atoms with van der Waals surface area (Å²) in [4.78, 5) is 73.2. The van der Waals surface area contributed by atoms with Gasteiger partial charge in [0.1, 0.15) is 24.4 Å². The van der Waals surface area contributed by atoms with Gasteiger partial charge in [0.05, 0.1) is 24.4 Å². The Morgan fingerprint density at radius 2 is 1.49 bits per heavy atom. The second kappa shape index (κ2) is 27.9. The van der Waals surface area contributed by atoms with Crippen molar-refractivity contribution in [2.75, 3.05) is 54.5 Å². The lowest BCUT2D eigenvalue weighted by atomic mass is 9.78. The predicted molar refractivity (Wildman–Crippen MR) is 282 cm³/mol. The molecule has 0 aromatic carbocycles. The highest BCUT2D eigenvalue weighted by atomic mass is 31.2. The average Bonchev–Trinajstić information content (AvgIpc) is 3.32. The Labute approximate surface area is 436 Å². The van der Waals surface area contributed by atoms with Crippen molar-refractivity contribution in [2.24, 2.45) is 35.5 Å². The number of esters is 1. The Morgan fingerprint density at radius 1 is 0.808 bits per heavy atom. The topological polar surface area (TPSA) is 208 Å². The molecule has 2 saturated heterocycles. The molecule has 0 spiro atoms. The fourth-order valence-corrected chi connectivity index (χ4v) is 12.8. The van der Waals surface area contributed by atoms with Crippen molar-refractivity contribution in [2.45, 2.75) is 180 Å². The average molecular weight is 1070 g/mol.